The van der Waals surface area contributed by atoms with E-state index in [1.807, 2.05) is 0 Å². The van der Waals surface area contributed by atoms with Gasteiger partial charge in [0.1, 0.15) is 6.10 Å². The highest BCUT2D eigenvalue weighted by atomic mass is 35.5. The number of rotatable bonds is 2. The number of alkyl carbamates (subject to hydrolysis) is 1. The number of aromatic nitrogens is 3. The number of carbonyl (C=O) groups is 1. The van der Waals surface area contributed by atoms with Crippen LogP contribution >= 0.6 is 11.6 Å². The third-order valence-corrected chi connectivity index (χ3v) is 1.82. The van der Waals surface area contributed by atoms with E-state index in [1.165, 1.54) is 4.68 Å². The van der Waals surface area contributed by atoms with Crippen LogP contribution in [-0.2, 0) is 11.3 Å². The summed E-state index contributed by atoms with van der Waals surface area (Å²) in [5.74, 6) is 0. The van der Waals surface area contributed by atoms with Gasteiger partial charge in [-0.15, -0.1) is 5.10 Å². The zero-order valence-electron chi connectivity index (χ0n) is 6.61. The SMILES string of the molecule is O=C1NCC(Cn2cc(Cl)nn2)O1. The van der Waals surface area contributed by atoms with Crippen LogP contribution in [0.2, 0.25) is 5.15 Å². The fourth-order valence-corrected chi connectivity index (χ4v) is 1.25. The number of halogens is 1. The van der Waals surface area contributed by atoms with Crippen molar-refractivity contribution < 1.29 is 9.53 Å². The first-order chi connectivity index (χ1) is 6.24. The molecule has 0 spiro atoms. The Hall–Kier alpha value is -1.30. The van der Waals surface area contributed by atoms with Gasteiger partial charge >= 0.3 is 6.09 Å². The van der Waals surface area contributed by atoms with E-state index < -0.39 is 6.09 Å². The summed E-state index contributed by atoms with van der Waals surface area (Å²) in [6.45, 7) is 0.967. The van der Waals surface area contributed by atoms with Crippen molar-refractivity contribution in [3.8, 4) is 0 Å². The Morgan fingerprint density at radius 3 is 3.23 bits per heavy atom. The minimum absolute atomic E-state index is 0.190. The van der Waals surface area contributed by atoms with Gasteiger partial charge in [-0.25, -0.2) is 9.48 Å². The van der Waals surface area contributed by atoms with Gasteiger partial charge in [0.05, 0.1) is 19.3 Å². The molecular weight excluding hydrogens is 196 g/mol. The molecule has 1 aliphatic heterocycles. The van der Waals surface area contributed by atoms with Crippen molar-refractivity contribution >= 4 is 17.7 Å². The molecular formula is C6H7ClN4O2. The summed E-state index contributed by atoms with van der Waals surface area (Å²) in [5, 5.41) is 10.2. The van der Waals surface area contributed by atoms with Crippen LogP contribution in [0.15, 0.2) is 6.20 Å². The number of nitrogens with zero attached hydrogens (tertiary/aromatic N) is 3. The maximum Gasteiger partial charge on any atom is 0.407 e. The molecule has 2 heterocycles. The van der Waals surface area contributed by atoms with Crippen LogP contribution in [-0.4, -0.2) is 33.7 Å². The Bertz CT molecular complexity index is 326. The Labute approximate surface area is 78.8 Å². The zero-order chi connectivity index (χ0) is 9.26. The van der Waals surface area contributed by atoms with E-state index >= 15 is 0 Å². The lowest BCUT2D eigenvalue weighted by Crippen LogP contribution is -2.20. The molecule has 13 heavy (non-hydrogen) atoms. The fraction of sp³-hybridized carbons (Fsp3) is 0.500. The summed E-state index contributed by atoms with van der Waals surface area (Å²) >= 11 is 5.56. The van der Waals surface area contributed by atoms with Gasteiger partial charge in [0.25, 0.3) is 0 Å². The molecule has 1 amide bonds. The summed E-state index contributed by atoms with van der Waals surface area (Å²) in [5.41, 5.74) is 0. The summed E-state index contributed by atoms with van der Waals surface area (Å²) in [6.07, 6.45) is 0.995. The van der Waals surface area contributed by atoms with Crippen LogP contribution in [0.4, 0.5) is 4.79 Å². The molecule has 0 aliphatic carbocycles. The number of nitrogens with one attached hydrogen (secondary N) is 1. The Balaban J connectivity index is 1.95. The number of cyclic esters (lactones) is 1. The van der Waals surface area contributed by atoms with Crippen molar-refractivity contribution in [2.45, 2.75) is 12.6 Å². The second-order valence-corrected chi connectivity index (χ2v) is 3.06. The van der Waals surface area contributed by atoms with E-state index in [2.05, 4.69) is 15.6 Å². The van der Waals surface area contributed by atoms with Crippen molar-refractivity contribution in [2.75, 3.05) is 6.54 Å². The van der Waals surface area contributed by atoms with Crippen molar-refractivity contribution in [3.63, 3.8) is 0 Å². The monoisotopic (exact) mass is 202 g/mol. The standard InChI is InChI=1S/C6H7ClN4O2/c7-5-3-11(10-9-5)2-4-1-8-6(12)13-4/h3-4H,1-2H2,(H,8,12). The number of hydrogen-bond acceptors (Lipinski definition) is 4. The molecule has 1 saturated heterocycles. The first-order valence-electron chi connectivity index (χ1n) is 3.74. The van der Waals surface area contributed by atoms with Gasteiger partial charge in [0.15, 0.2) is 5.15 Å². The van der Waals surface area contributed by atoms with E-state index in [0.29, 0.717) is 18.2 Å². The van der Waals surface area contributed by atoms with Gasteiger partial charge in [-0.2, -0.15) is 0 Å². The molecule has 1 aromatic heterocycles. The Kier molecular flexibility index (Phi) is 2.05. The van der Waals surface area contributed by atoms with Crippen molar-refractivity contribution in [1.29, 1.82) is 0 Å². The molecule has 1 fully saturated rings. The van der Waals surface area contributed by atoms with Crippen LogP contribution in [0.25, 0.3) is 0 Å². The average Bonchev–Trinajstić information content (AvgIpc) is 2.62. The number of amides is 1. The van der Waals surface area contributed by atoms with Crippen LogP contribution in [0.3, 0.4) is 0 Å². The smallest absolute Gasteiger partial charge is 0.407 e. The molecule has 0 saturated carbocycles. The van der Waals surface area contributed by atoms with Crippen LogP contribution < -0.4 is 5.32 Å². The quantitative estimate of drug-likeness (QED) is 0.735. The zero-order valence-corrected chi connectivity index (χ0v) is 7.36. The van der Waals surface area contributed by atoms with E-state index in [-0.39, 0.29) is 6.10 Å². The lowest BCUT2D eigenvalue weighted by molar-refractivity contribution is 0.128. The minimum Gasteiger partial charge on any atom is -0.442 e. The fourth-order valence-electron chi connectivity index (χ4n) is 1.11. The van der Waals surface area contributed by atoms with Crippen LogP contribution in [0.5, 0.6) is 0 Å². The number of carbonyl (C=O) groups excluding carboxylic acids is 1. The molecule has 0 aromatic carbocycles. The molecule has 1 atom stereocenters. The van der Waals surface area contributed by atoms with Crippen molar-refractivity contribution in [3.05, 3.63) is 11.3 Å². The van der Waals surface area contributed by atoms with Crippen molar-refractivity contribution in [2.24, 2.45) is 0 Å². The third kappa shape index (κ3) is 1.89. The molecule has 7 heteroatoms. The second kappa shape index (κ2) is 3.21. The molecule has 1 unspecified atom stereocenters. The molecule has 1 N–H and O–H groups in total. The van der Waals surface area contributed by atoms with Gasteiger partial charge < -0.3 is 10.1 Å². The molecule has 6 nitrogen and oxygen atoms in total. The predicted molar refractivity (Wildman–Crippen MR) is 43.3 cm³/mol. The van der Waals surface area contributed by atoms with E-state index in [4.69, 9.17) is 16.3 Å². The van der Waals surface area contributed by atoms with Crippen LogP contribution in [0.1, 0.15) is 0 Å². The molecule has 1 aromatic rings. The van der Waals surface area contributed by atoms with Gasteiger partial charge in [-0.05, 0) is 0 Å². The Morgan fingerprint density at radius 1 is 1.85 bits per heavy atom. The van der Waals surface area contributed by atoms with Crippen molar-refractivity contribution in [1.82, 2.24) is 20.3 Å². The molecule has 0 bridgehead atoms. The molecule has 2 rings (SSSR count). The summed E-state index contributed by atoms with van der Waals surface area (Å²) in [4.78, 5) is 10.6. The topological polar surface area (TPSA) is 69.0 Å². The molecule has 70 valence electrons. The largest absolute Gasteiger partial charge is 0.442 e. The van der Waals surface area contributed by atoms with Crippen LogP contribution in [0, 0.1) is 0 Å². The Morgan fingerprint density at radius 2 is 2.69 bits per heavy atom. The lowest BCUT2D eigenvalue weighted by atomic mass is 10.4. The molecule has 1 aliphatic rings. The lowest BCUT2D eigenvalue weighted by Gasteiger charge is -2.05. The highest BCUT2D eigenvalue weighted by Crippen LogP contribution is 2.05. The van der Waals surface area contributed by atoms with E-state index in [1.54, 1.807) is 6.20 Å². The maximum absolute atomic E-state index is 10.6. The summed E-state index contributed by atoms with van der Waals surface area (Å²) < 4.78 is 6.43. The van der Waals surface area contributed by atoms with Gasteiger partial charge in [0, 0.05) is 0 Å². The minimum atomic E-state index is -0.392. The molecule has 0 radical (unpaired) electrons. The van der Waals surface area contributed by atoms with Gasteiger partial charge in [-0.1, -0.05) is 16.8 Å². The number of hydrogen-bond donors (Lipinski definition) is 1. The highest BCUT2D eigenvalue weighted by Gasteiger charge is 2.22. The highest BCUT2D eigenvalue weighted by molar-refractivity contribution is 6.29. The predicted octanol–water partition coefficient (Wildman–Crippen LogP) is 0.0399. The first-order valence-corrected chi connectivity index (χ1v) is 4.12. The average molecular weight is 203 g/mol. The van der Waals surface area contributed by atoms with E-state index in [9.17, 15) is 4.79 Å². The summed E-state index contributed by atoms with van der Waals surface area (Å²) in [6, 6.07) is 0. The van der Waals surface area contributed by atoms with Gasteiger partial charge in [-0.3, -0.25) is 0 Å². The number of ether oxygens (including phenoxy) is 1. The normalized spacial score (nSPS) is 21.3. The van der Waals surface area contributed by atoms with E-state index in [0.717, 1.165) is 0 Å². The third-order valence-electron chi connectivity index (χ3n) is 1.65. The summed E-state index contributed by atoms with van der Waals surface area (Å²) in [7, 11) is 0. The van der Waals surface area contributed by atoms with Gasteiger partial charge in [0.2, 0.25) is 0 Å². The maximum atomic E-state index is 10.6. The second-order valence-electron chi connectivity index (χ2n) is 2.67. The first kappa shape index (κ1) is 8.31.